The van der Waals surface area contributed by atoms with Crippen molar-refractivity contribution >= 4 is 22.7 Å². The molecule has 0 radical (unpaired) electrons. The number of aromatic nitrogens is 1. The number of hydrogen-bond acceptors (Lipinski definition) is 5. The number of fused-ring (bicyclic) bond motifs is 1. The Morgan fingerprint density at radius 1 is 1.28 bits per heavy atom. The number of carbonyl (C=O) groups excluding carboxylic acids is 1. The Hall–Kier alpha value is -2.50. The first-order valence-corrected chi connectivity index (χ1v) is 8.56. The van der Waals surface area contributed by atoms with Crippen LogP contribution in [0, 0.1) is 0 Å². The molecule has 0 saturated carbocycles. The molecule has 6 heteroatoms. The second-order valence-corrected chi connectivity index (χ2v) is 7.54. The van der Waals surface area contributed by atoms with E-state index in [-0.39, 0.29) is 17.9 Å². The second kappa shape index (κ2) is 6.43. The molecule has 25 heavy (non-hydrogen) atoms. The largest absolute Gasteiger partial charge is 0.508 e. The van der Waals surface area contributed by atoms with Crippen LogP contribution in [0.3, 0.4) is 0 Å². The number of rotatable bonds is 1. The highest BCUT2D eigenvalue weighted by molar-refractivity contribution is 5.83. The van der Waals surface area contributed by atoms with Crippen molar-refractivity contribution in [2.75, 3.05) is 24.5 Å². The lowest BCUT2D eigenvalue weighted by Gasteiger charge is -2.41. The molecule has 1 aliphatic rings. The van der Waals surface area contributed by atoms with Crippen molar-refractivity contribution in [2.24, 2.45) is 0 Å². The van der Waals surface area contributed by atoms with E-state index in [1.807, 2.05) is 33.0 Å². The summed E-state index contributed by atoms with van der Waals surface area (Å²) in [5, 5.41) is 10.6. The van der Waals surface area contributed by atoms with E-state index in [9.17, 15) is 9.90 Å². The number of aromatic hydroxyl groups is 1. The summed E-state index contributed by atoms with van der Waals surface area (Å²) < 4.78 is 5.47. The fourth-order valence-electron chi connectivity index (χ4n) is 3.10. The third-order valence-electron chi connectivity index (χ3n) is 4.26. The van der Waals surface area contributed by atoms with Gasteiger partial charge in [-0.3, -0.25) is 4.98 Å². The predicted molar refractivity (Wildman–Crippen MR) is 98.0 cm³/mol. The lowest BCUT2D eigenvalue weighted by atomic mass is 10.1. The minimum atomic E-state index is -0.484. The van der Waals surface area contributed by atoms with Crippen LogP contribution in [-0.2, 0) is 4.74 Å². The molecule has 1 aromatic carbocycles. The zero-order chi connectivity index (χ0) is 18.2. The third-order valence-corrected chi connectivity index (χ3v) is 4.26. The maximum absolute atomic E-state index is 12.3. The molecule has 1 atom stereocenters. The molecule has 1 saturated heterocycles. The zero-order valence-electron chi connectivity index (χ0n) is 15.2. The van der Waals surface area contributed by atoms with Crippen molar-refractivity contribution < 1.29 is 14.6 Å². The van der Waals surface area contributed by atoms with E-state index >= 15 is 0 Å². The minimum Gasteiger partial charge on any atom is -0.508 e. The summed E-state index contributed by atoms with van der Waals surface area (Å²) in [6.07, 6.45) is 1.58. The summed E-state index contributed by atoms with van der Waals surface area (Å²) in [7, 11) is 0. The average molecular weight is 343 g/mol. The van der Waals surface area contributed by atoms with E-state index in [2.05, 4.69) is 16.8 Å². The number of phenolic OH excluding ortho intramolecular Hbond substituents is 1. The van der Waals surface area contributed by atoms with Gasteiger partial charge in [0.2, 0.25) is 0 Å². The Morgan fingerprint density at radius 2 is 2.04 bits per heavy atom. The van der Waals surface area contributed by atoms with Crippen molar-refractivity contribution in [3.8, 4) is 5.75 Å². The molecular formula is C19H25N3O3. The summed E-state index contributed by atoms with van der Waals surface area (Å²) in [4.78, 5) is 20.7. The van der Waals surface area contributed by atoms with E-state index in [0.29, 0.717) is 19.6 Å². The fraction of sp³-hybridized carbons (Fsp3) is 0.474. The highest BCUT2D eigenvalue weighted by Gasteiger charge is 2.30. The van der Waals surface area contributed by atoms with E-state index < -0.39 is 5.60 Å². The first kappa shape index (κ1) is 17.3. The van der Waals surface area contributed by atoms with E-state index in [1.165, 1.54) is 0 Å². The maximum Gasteiger partial charge on any atom is 0.410 e. The molecule has 6 nitrogen and oxygen atoms in total. The topological polar surface area (TPSA) is 65.9 Å². The molecule has 3 rings (SSSR count). The number of phenols is 1. The van der Waals surface area contributed by atoms with Crippen LogP contribution in [-0.4, -0.2) is 52.4 Å². The normalized spacial score (nSPS) is 18.5. The summed E-state index contributed by atoms with van der Waals surface area (Å²) in [5.74, 6) is 0.231. The summed E-state index contributed by atoms with van der Waals surface area (Å²) in [6, 6.07) is 7.34. The number of piperazine rings is 1. The number of ether oxygens (including phenoxy) is 1. The van der Waals surface area contributed by atoms with Crippen LogP contribution in [0.5, 0.6) is 5.75 Å². The number of carbonyl (C=O) groups is 1. The standard InChI is InChI=1S/C19H25N3O3/c1-13-12-21(18(24)25-19(2,3)4)7-8-22(13)15-9-14-10-16(23)5-6-17(14)20-11-15/h5-6,9-11,13,23H,7-8,12H2,1-4H3. The van der Waals surface area contributed by atoms with Crippen molar-refractivity contribution in [1.29, 1.82) is 0 Å². The number of nitrogens with zero attached hydrogens (tertiary/aromatic N) is 3. The van der Waals surface area contributed by atoms with Gasteiger partial charge in [-0.25, -0.2) is 4.79 Å². The Morgan fingerprint density at radius 3 is 2.72 bits per heavy atom. The van der Waals surface area contributed by atoms with Gasteiger partial charge in [0.05, 0.1) is 17.4 Å². The van der Waals surface area contributed by atoms with Gasteiger partial charge in [0, 0.05) is 31.1 Å². The SMILES string of the molecule is CC1CN(C(=O)OC(C)(C)C)CCN1c1cnc2ccc(O)cc2c1. The van der Waals surface area contributed by atoms with Gasteiger partial charge in [0.15, 0.2) is 0 Å². The number of anilines is 1. The first-order chi connectivity index (χ1) is 11.7. The maximum atomic E-state index is 12.3. The Bertz CT molecular complexity index is 785. The summed E-state index contributed by atoms with van der Waals surface area (Å²) in [6.45, 7) is 9.64. The van der Waals surface area contributed by atoms with Crippen LogP contribution in [0.25, 0.3) is 10.9 Å². The van der Waals surface area contributed by atoms with Crippen molar-refractivity contribution in [1.82, 2.24) is 9.88 Å². The smallest absolute Gasteiger partial charge is 0.410 e. The van der Waals surface area contributed by atoms with Gasteiger partial charge in [-0.2, -0.15) is 0 Å². The predicted octanol–water partition coefficient (Wildman–Crippen LogP) is 3.39. The Kier molecular flexibility index (Phi) is 4.45. The van der Waals surface area contributed by atoms with Crippen LogP contribution < -0.4 is 4.90 Å². The Labute approximate surface area is 148 Å². The molecular weight excluding hydrogens is 318 g/mol. The van der Waals surface area contributed by atoms with E-state index in [4.69, 9.17) is 4.74 Å². The van der Waals surface area contributed by atoms with Crippen LogP contribution >= 0.6 is 0 Å². The number of pyridine rings is 1. The van der Waals surface area contributed by atoms with Gasteiger partial charge in [-0.15, -0.1) is 0 Å². The lowest BCUT2D eigenvalue weighted by Crippen LogP contribution is -2.54. The number of hydrogen-bond donors (Lipinski definition) is 1. The van der Waals surface area contributed by atoms with Crippen molar-refractivity contribution in [3.63, 3.8) is 0 Å². The highest BCUT2D eigenvalue weighted by Crippen LogP contribution is 2.26. The van der Waals surface area contributed by atoms with Gasteiger partial charge in [0.1, 0.15) is 11.4 Å². The molecule has 0 aliphatic carbocycles. The number of benzene rings is 1. The molecule has 1 aliphatic heterocycles. The molecule has 1 N–H and O–H groups in total. The number of amides is 1. The van der Waals surface area contributed by atoms with Gasteiger partial charge in [0.25, 0.3) is 0 Å². The highest BCUT2D eigenvalue weighted by atomic mass is 16.6. The van der Waals surface area contributed by atoms with Gasteiger partial charge in [-0.05, 0) is 52.0 Å². The quantitative estimate of drug-likeness (QED) is 0.860. The molecule has 1 aromatic heterocycles. The molecule has 134 valence electrons. The molecule has 0 bridgehead atoms. The minimum absolute atomic E-state index is 0.151. The van der Waals surface area contributed by atoms with Gasteiger partial charge in [-0.1, -0.05) is 0 Å². The van der Waals surface area contributed by atoms with Crippen molar-refractivity contribution in [2.45, 2.75) is 39.3 Å². The average Bonchev–Trinajstić information content (AvgIpc) is 2.52. The van der Waals surface area contributed by atoms with E-state index in [0.717, 1.165) is 16.6 Å². The lowest BCUT2D eigenvalue weighted by molar-refractivity contribution is 0.0219. The second-order valence-electron chi connectivity index (χ2n) is 7.54. The molecule has 2 heterocycles. The monoisotopic (exact) mass is 343 g/mol. The molecule has 1 amide bonds. The third kappa shape index (κ3) is 3.95. The summed E-state index contributed by atoms with van der Waals surface area (Å²) >= 11 is 0. The van der Waals surface area contributed by atoms with Crippen LogP contribution in [0.2, 0.25) is 0 Å². The van der Waals surface area contributed by atoms with Gasteiger partial charge >= 0.3 is 6.09 Å². The Balaban J connectivity index is 1.74. The molecule has 0 spiro atoms. The van der Waals surface area contributed by atoms with Crippen molar-refractivity contribution in [3.05, 3.63) is 30.5 Å². The van der Waals surface area contributed by atoms with Crippen LogP contribution in [0.15, 0.2) is 30.5 Å². The van der Waals surface area contributed by atoms with Crippen LogP contribution in [0.1, 0.15) is 27.7 Å². The summed E-state index contributed by atoms with van der Waals surface area (Å²) in [5.41, 5.74) is 1.36. The molecule has 1 fully saturated rings. The molecule has 2 aromatic rings. The first-order valence-electron chi connectivity index (χ1n) is 8.56. The zero-order valence-corrected chi connectivity index (χ0v) is 15.2. The van der Waals surface area contributed by atoms with E-state index in [1.54, 1.807) is 23.1 Å². The molecule has 1 unspecified atom stereocenters. The van der Waals surface area contributed by atoms with Gasteiger partial charge < -0.3 is 19.6 Å². The fourth-order valence-corrected chi connectivity index (χ4v) is 3.10. The van der Waals surface area contributed by atoms with Crippen LogP contribution in [0.4, 0.5) is 10.5 Å².